The van der Waals surface area contributed by atoms with E-state index in [1.807, 2.05) is 6.20 Å². The van der Waals surface area contributed by atoms with Crippen LogP contribution in [0.2, 0.25) is 0 Å². The number of aliphatic hydroxyl groups is 1. The van der Waals surface area contributed by atoms with E-state index in [0.717, 1.165) is 18.2 Å². The van der Waals surface area contributed by atoms with Gasteiger partial charge in [0.15, 0.2) is 0 Å². The minimum Gasteiger partial charge on any atom is -0.394 e. The van der Waals surface area contributed by atoms with Crippen LogP contribution >= 0.6 is 0 Å². The Morgan fingerprint density at radius 2 is 2.44 bits per heavy atom. The van der Waals surface area contributed by atoms with E-state index in [1.165, 1.54) is 19.3 Å². The molecule has 90 valence electrons. The fourth-order valence-corrected chi connectivity index (χ4v) is 1.85. The molecule has 0 aromatic carbocycles. The summed E-state index contributed by atoms with van der Waals surface area (Å²) in [5, 5.41) is 20.2. The second-order valence-corrected chi connectivity index (χ2v) is 4.66. The van der Waals surface area contributed by atoms with Crippen molar-refractivity contribution in [1.82, 2.24) is 20.3 Å². The lowest BCUT2D eigenvalue weighted by molar-refractivity contribution is 0.268. The standard InChI is InChI=1S/C11H20N4O/c1-9(6-10-2-3-10)12-7-11-8-15(4-5-16)14-13-11/h8-10,12,16H,2-7H2,1H3. The monoisotopic (exact) mass is 224 g/mol. The van der Waals surface area contributed by atoms with E-state index >= 15 is 0 Å². The van der Waals surface area contributed by atoms with Crippen LogP contribution in [0.4, 0.5) is 0 Å². The van der Waals surface area contributed by atoms with Gasteiger partial charge < -0.3 is 10.4 Å². The van der Waals surface area contributed by atoms with E-state index in [1.54, 1.807) is 4.68 Å². The molecule has 1 heterocycles. The Balaban J connectivity index is 1.70. The van der Waals surface area contributed by atoms with Crippen molar-refractivity contribution in [2.45, 2.75) is 45.3 Å². The second-order valence-electron chi connectivity index (χ2n) is 4.66. The van der Waals surface area contributed by atoms with Gasteiger partial charge in [0.2, 0.25) is 0 Å². The number of aliphatic hydroxyl groups excluding tert-OH is 1. The number of nitrogens with one attached hydrogen (secondary N) is 1. The molecule has 0 spiro atoms. The second kappa shape index (κ2) is 5.41. The molecule has 16 heavy (non-hydrogen) atoms. The lowest BCUT2D eigenvalue weighted by Gasteiger charge is -2.11. The maximum atomic E-state index is 8.75. The predicted molar refractivity (Wildman–Crippen MR) is 60.8 cm³/mol. The summed E-state index contributed by atoms with van der Waals surface area (Å²) in [6, 6.07) is 0.551. The van der Waals surface area contributed by atoms with Gasteiger partial charge in [0.25, 0.3) is 0 Å². The zero-order valence-corrected chi connectivity index (χ0v) is 9.76. The molecule has 5 nitrogen and oxygen atoms in total. The first kappa shape index (κ1) is 11.5. The lowest BCUT2D eigenvalue weighted by Crippen LogP contribution is -2.26. The summed E-state index contributed by atoms with van der Waals surface area (Å²) in [6.07, 6.45) is 5.95. The highest BCUT2D eigenvalue weighted by Gasteiger charge is 2.23. The Morgan fingerprint density at radius 3 is 3.12 bits per heavy atom. The third-order valence-corrected chi connectivity index (χ3v) is 2.93. The minimum atomic E-state index is 0.105. The van der Waals surface area contributed by atoms with E-state index < -0.39 is 0 Å². The molecule has 1 aromatic rings. The lowest BCUT2D eigenvalue weighted by atomic mass is 10.1. The molecule has 1 unspecified atom stereocenters. The van der Waals surface area contributed by atoms with Gasteiger partial charge in [-0.3, -0.25) is 0 Å². The Labute approximate surface area is 95.8 Å². The third-order valence-electron chi connectivity index (χ3n) is 2.93. The fraction of sp³-hybridized carbons (Fsp3) is 0.818. The average molecular weight is 224 g/mol. The molecule has 0 aliphatic heterocycles. The van der Waals surface area contributed by atoms with Gasteiger partial charge in [-0.1, -0.05) is 18.1 Å². The van der Waals surface area contributed by atoms with Gasteiger partial charge in [-0.25, -0.2) is 4.68 Å². The summed E-state index contributed by atoms with van der Waals surface area (Å²) in [5.74, 6) is 0.951. The summed E-state index contributed by atoms with van der Waals surface area (Å²) in [6.45, 7) is 3.61. The molecular formula is C11H20N4O. The van der Waals surface area contributed by atoms with Crippen LogP contribution in [0.5, 0.6) is 0 Å². The van der Waals surface area contributed by atoms with Crippen molar-refractivity contribution in [3.63, 3.8) is 0 Å². The van der Waals surface area contributed by atoms with Crippen LogP contribution < -0.4 is 5.32 Å². The van der Waals surface area contributed by atoms with Gasteiger partial charge >= 0.3 is 0 Å². The molecular weight excluding hydrogens is 204 g/mol. The molecule has 1 aliphatic rings. The van der Waals surface area contributed by atoms with E-state index in [0.29, 0.717) is 12.6 Å². The molecule has 2 N–H and O–H groups in total. The van der Waals surface area contributed by atoms with Crippen LogP contribution in [0.15, 0.2) is 6.20 Å². The Bertz CT molecular complexity index is 322. The first-order chi connectivity index (χ1) is 7.78. The number of hydrogen-bond donors (Lipinski definition) is 2. The number of aromatic nitrogens is 3. The predicted octanol–water partition coefficient (Wildman–Crippen LogP) is 0.549. The molecule has 1 saturated carbocycles. The van der Waals surface area contributed by atoms with Crippen LogP contribution in [-0.4, -0.2) is 32.7 Å². The molecule has 2 rings (SSSR count). The van der Waals surface area contributed by atoms with E-state index in [-0.39, 0.29) is 6.61 Å². The molecule has 0 bridgehead atoms. The number of nitrogens with zero attached hydrogens (tertiary/aromatic N) is 3. The first-order valence-corrected chi connectivity index (χ1v) is 6.01. The largest absolute Gasteiger partial charge is 0.394 e. The Kier molecular flexibility index (Phi) is 3.90. The van der Waals surface area contributed by atoms with Gasteiger partial charge in [0.1, 0.15) is 0 Å². The quantitative estimate of drug-likeness (QED) is 0.710. The molecule has 1 aliphatic carbocycles. The Hall–Kier alpha value is -0.940. The fourth-order valence-electron chi connectivity index (χ4n) is 1.85. The van der Waals surface area contributed by atoms with Gasteiger partial charge in [-0.15, -0.1) is 5.10 Å². The summed E-state index contributed by atoms with van der Waals surface area (Å²) in [5.41, 5.74) is 0.941. The molecule has 5 heteroatoms. The smallest absolute Gasteiger partial charge is 0.0964 e. The van der Waals surface area contributed by atoms with E-state index in [4.69, 9.17) is 5.11 Å². The van der Waals surface area contributed by atoms with Gasteiger partial charge in [0, 0.05) is 18.8 Å². The van der Waals surface area contributed by atoms with Crippen molar-refractivity contribution in [1.29, 1.82) is 0 Å². The van der Waals surface area contributed by atoms with Crippen molar-refractivity contribution in [2.75, 3.05) is 6.61 Å². The van der Waals surface area contributed by atoms with E-state index in [9.17, 15) is 0 Å². The highest BCUT2D eigenvalue weighted by atomic mass is 16.3. The molecule has 0 amide bonds. The summed E-state index contributed by atoms with van der Waals surface area (Å²) in [7, 11) is 0. The van der Waals surface area contributed by atoms with Gasteiger partial charge in [0.05, 0.1) is 18.8 Å². The maximum Gasteiger partial charge on any atom is 0.0964 e. The third kappa shape index (κ3) is 3.57. The molecule has 1 aromatic heterocycles. The first-order valence-electron chi connectivity index (χ1n) is 6.01. The zero-order chi connectivity index (χ0) is 11.4. The van der Waals surface area contributed by atoms with Gasteiger partial charge in [-0.2, -0.15) is 0 Å². The zero-order valence-electron chi connectivity index (χ0n) is 9.76. The van der Waals surface area contributed by atoms with Crippen LogP contribution in [0.25, 0.3) is 0 Å². The summed E-state index contributed by atoms with van der Waals surface area (Å²) in [4.78, 5) is 0. The van der Waals surface area contributed by atoms with Crippen molar-refractivity contribution in [3.05, 3.63) is 11.9 Å². The van der Waals surface area contributed by atoms with Crippen molar-refractivity contribution >= 4 is 0 Å². The topological polar surface area (TPSA) is 63.0 Å². The highest BCUT2D eigenvalue weighted by Crippen LogP contribution is 2.33. The van der Waals surface area contributed by atoms with Crippen LogP contribution in [-0.2, 0) is 13.1 Å². The summed E-state index contributed by atoms with van der Waals surface area (Å²) >= 11 is 0. The SMILES string of the molecule is CC(CC1CC1)NCc1cn(CCO)nn1. The van der Waals surface area contributed by atoms with Gasteiger partial charge in [-0.05, 0) is 19.3 Å². The molecule has 0 saturated heterocycles. The maximum absolute atomic E-state index is 8.75. The average Bonchev–Trinajstić information content (AvgIpc) is 2.95. The number of rotatable bonds is 7. The molecule has 1 atom stereocenters. The minimum absolute atomic E-state index is 0.105. The Morgan fingerprint density at radius 1 is 1.62 bits per heavy atom. The normalized spacial score (nSPS) is 17.6. The number of hydrogen-bond acceptors (Lipinski definition) is 4. The van der Waals surface area contributed by atoms with Crippen LogP contribution in [0.3, 0.4) is 0 Å². The van der Waals surface area contributed by atoms with Crippen LogP contribution in [0.1, 0.15) is 31.9 Å². The highest BCUT2D eigenvalue weighted by molar-refractivity contribution is 4.92. The molecule has 0 radical (unpaired) electrons. The molecule has 1 fully saturated rings. The van der Waals surface area contributed by atoms with Crippen LogP contribution in [0, 0.1) is 5.92 Å². The summed E-state index contributed by atoms with van der Waals surface area (Å²) < 4.78 is 1.67. The van der Waals surface area contributed by atoms with Crippen molar-refractivity contribution in [2.24, 2.45) is 5.92 Å². The van der Waals surface area contributed by atoms with E-state index in [2.05, 4.69) is 22.6 Å². The van der Waals surface area contributed by atoms with Crippen molar-refractivity contribution < 1.29 is 5.11 Å². The van der Waals surface area contributed by atoms with Crippen molar-refractivity contribution in [3.8, 4) is 0 Å².